The lowest BCUT2D eigenvalue weighted by Crippen LogP contribution is -2.46. The van der Waals surface area contributed by atoms with Gasteiger partial charge in [-0.1, -0.05) is 11.8 Å². The number of hydrogen-bond acceptors (Lipinski definition) is 6. The fraction of sp³-hybridized carbons (Fsp3) is 0.214. The van der Waals surface area contributed by atoms with Gasteiger partial charge in [0.1, 0.15) is 22.9 Å². The fourth-order valence-electron chi connectivity index (χ4n) is 2.36. The number of fused-ring (bicyclic) bond motifs is 1. The van der Waals surface area contributed by atoms with E-state index in [1.54, 1.807) is 11.9 Å². The molecule has 0 saturated heterocycles. The molecule has 0 atom stereocenters. The van der Waals surface area contributed by atoms with Gasteiger partial charge in [-0.3, -0.25) is 9.69 Å². The molecule has 0 spiro atoms. The van der Waals surface area contributed by atoms with Gasteiger partial charge in [-0.15, -0.1) is 0 Å². The van der Waals surface area contributed by atoms with E-state index in [1.807, 2.05) is 6.26 Å². The Morgan fingerprint density at radius 1 is 1.35 bits per heavy atom. The third-order valence-electron chi connectivity index (χ3n) is 3.49. The normalized spacial score (nSPS) is 14.2. The van der Waals surface area contributed by atoms with Gasteiger partial charge in [-0.05, 0) is 18.4 Å². The average molecular weight is 337 g/mol. The molecule has 9 heteroatoms. The molecule has 0 aliphatic carbocycles. The van der Waals surface area contributed by atoms with Crippen molar-refractivity contribution in [3.8, 4) is 0 Å². The molecule has 6 nitrogen and oxygen atoms in total. The Bertz CT molecular complexity index is 801. The molecule has 2 N–H and O–H groups in total. The first kappa shape index (κ1) is 15.5. The molecule has 0 bridgehead atoms. The summed E-state index contributed by atoms with van der Waals surface area (Å²) in [5.41, 5.74) is 4.97. The lowest BCUT2D eigenvalue weighted by atomic mass is 10.1. The summed E-state index contributed by atoms with van der Waals surface area (Å²) in [7, 11) is 1.68. The van der Waals surface area contributed by atoms with Crippen molar-refractivity contribution in [2.75, 3.05) is 35.5 Å². The number of halogens is 2. The van der Waals surface area contributed by atoms with Gasteiger partial charge >= 0.3 is 0 Å². The van der Waals surface area contributed by atoms with E-state index in [0.717, 1.165) is 17.0 Å². The van der Waals surface area contributed by atoms with E-state index in [9.17, 15) is 13.6 Å². The van der Waals surface area contributed by atoms with Crippen molar-refractivity contribution in [3.05, 3.63) is 35.5 Å². The molecule has 1 aromatic carbocycles. The summed E-state index contributed by atoms with van der Waals surface area (Å²) >= 11 is 1.34. The van der Waals surface area contributed by atoms with Crippen molar-refractivity contribution in [1.82, 2.24) is 9.97 Å². The lowest BCUT2D eigenvalue weighted by molar-refractivity contribution is 0.0979. The number of anilines is 3. The van der Waals surface area contributed by atoms with Crippen LogP contribution >= 0.6 is 11.8 Å². The average Bonchev–Trinajstić information content (AvgIpc) is 2.55. The van der Waals surface area contributed by atoms with Gasteiger partial charge < -0.3 is 10.6 Å². The van der Waals surface area contributed by atoms with Crippen molar-refractivity contribution in [1.29, 1.82) is 0 Å². The summed E-state index contributed by atoms with van der Waals surface area (Å²) in [6.07, 6.45) is 3.18. The summed E-state index contributed by atoms with van der Waals surface area (Å²) in [4.78, 5) is 23.6. The number of thioether (sulfide) groups is 1. The van der Waals surface area contributed by atoms with Crippen molar-refractivity contribution in [2.45, 2.75) is 5.16 Å². The second-order valence-electron chi connectivity index (χ2n) is 4.97. The molecular weight excluding hydrogens is 324 g/mol. The quantitative estimate of drug-likeness (QED) is 0.514. The van der Waals surface area contributed by atoms with Crippen LogP contribution in [0, 0.1) is 11.6 Å². The van der Waals surface area contributed by atoms with Gasteiger partial charge in [-0.2, -0.15) is 0 Å². The number of rotatable bonds is 2. The van der Waals surface area contributed by atoms with Crippen molar-refractivity contribution >= 4 is 34.9 Å². The number of carbonyl (C=O) groups excluding carboxylic acids is 1. The molecule has 1 amide bonds. The minimum atomic E-state index is -0.961. The van der Waals surface area contributed by atoms with Gasteiger partial charge in [0.25, 0.3) is 5.91 Å². The number of nitrogen functional groups attached to an aromatic ring is 1. The molecule has 1 aliphatic rings. The predicted molar refractivity (Wildman–Crippen MR) is 84.7 cm³/mol. The molecule has 1 aromatic heterocycles. The molecule has 0 radical (unpaired) electrons. The van der Waals surface area contributed by atoms with E-state index >= 15 is 0 Å². The third-order valence-corrected chi connectivity index (χ3v) is 4.05. The SMILES string of the molecule is CSc1ncc2c(n1)N(C)CN(c1c(F)ccc(N)c1F)C2=O. The summed E-state index contributed by atoms with van der Waals surface area (Å²) in [5, 5.41) is 0.512. The van der Waals surface area contributed by atoms with Crippen LogP contribution in [0.3, 0.4) is 0 Å². The van der Waals surface area contributed by atoms with E-state index in [1.165, 1.54) is 18.0 Å². The molecule has 0 fully saturated rings. The number of nitrogens with zero attached hydrogens (tertiary/aromatic N) is 4. The van der Waals surface area contributed by atoms with Crippen LogP contribution in [0.25, 0.3) is 0 Å². The Morgan fingerprint density at radius 3 is 2.78 bits per heavy atom. The van der Waals surface area contributed by atoms with Crippen LogP contribution in [0.4, 0.5) is 26.0 Å². The summed E-state index contributed by atoms with van der Waals surface area (Å²) in [5.74, 6) is -1.97. The maximum Gasteiger partial charge on any atom is 0.265 e. The first-order chi connectivity index (χ1) is 10.9. The molecular formula is C14H13F2N5OS. The van der Waals surface area contributed by atoms with Crippen LogP contribution in [-0.4, -0.2) is 35.8 Å². The third kappa shape index (κ3) is 2.46. The zero-order chi connectivity index (χ0) is 16.7. The van der Waals surface area contributed by atoms with Crippen LogP contribution < -0.4 is 15.5 Å². The van der Waals surface area contributed by atoms with Crippen LogP contribution in [0.2, 0.25) is 0 Å². The number of aromatic nitrogens is 2. The van der Waals surface area contributed by atoms with Gasteiger partial charge in [0.2, 0.25) is 0 Å². The first-order valence-electron chi connectivity index (χ1n) is 6.61. The first-order valence-corrected chi connectivity index (χ1v) is 7.84. The smallest absolute Gasteiger partial charge is 0.265 e. The summed E-state index contributed by atoms with van der Waals surface area (Å²) in [6.45, 7) is -0.0477. The summed E-state index contributed by atoms with van der Waals surface area (Å²) in [6, 6.07) is 2.15. The summed E-state index contributed by atoms with van der Waals surface area (Å²) < 4.78 is 28.3. The maximum atomic E-state index is 14.2. The van der Waals surface area contributed by atoms with Crippen LogP contribution in [0.1, 0.15) is 10.4 Å². The van der Waals surface area contributed by atoms with Crippen molar-refractivity contribution < 1.29 is 13.6 Å². The Balaban J connectivity index is 2.11. The van der Waals surface area contributed by atoms with Crippen molar-refractivity contribution in [3.63, 3.8) is 0 Å². The lowest BCUT2D eigenvalue weighted by Gasteiger charge is -2.35. The predicted octanol–water partition coefficient (Wildman–Crippen LogP) is 2.11. The van der Waals surface area contributed by atoms with E-state index in [4.69, 9.17) is 5.73 Å². The zero-order valence-corrected chi connectivity index (χ0v) is 13.2. The Morgan fingerprint density at radius 2 is 2.09 bits per heavy atom. The monoisotopic (exact) mass is 337 g/mol. The second-order valence-corrected chi connectivity index (χ2v) is 5.74. The molecule has 1 aliphatic heterocycles. The highest BCUT2D eigenvalue weighted by Gasteiger charge is 2.34. The fourth-order valence-corrected chi connectivity index (χ4v) is 2.70. The van der Waals surface area contributed by atoms with E-state index in [0.29, 0.717) is 11.0 Å². The largest absolute Gasteiger partial charge is 0.396 e. The minimum Gasteiger partial charge on any atom is -0.396 e. The molecule has 0 saturated carbocycles. The van der Waals surface area contributed by atoms with Crippen molar-refractivity contribution in [2.24, 2.45) is 0 Å². The standard InChI is InChI=1S/C14H13F2N5OS/c1-20-6-21(11-8(15)3-4-9(17)10(11)16)13(22)7-5-18-14(23-2)19-12(7)20/h3-5H,6,17H2,1-2H3. The molecule has 2 aromatic rings. The molecule has 0 unspecified atom stereocenters. The zero-order valence-electron chi connectivity index (χ0n) is 12.4. The Labute approximate surface area is 135 Å². The highest BCUT2D eigenvalue weighted by atomic mass is 32.2. The molecule has 23 heavy (non-hydrogen) atoms. The van der Waals surface area contributed by atoms with E-state index in [-0.39, 0.29) is 17.9 Å². The highest BCUT2D eigenvalue weighted by molar-refractivity contribution is 7.98. The Kier molecular flexibility index (Phi) is 3.80. The van der Waals surface area contributed by atoms with Gasteiger partial charge in [0.05, 0.1) is 12.4 Å². The molecule has 2 heterocycles. The van der Waals surface area contributed by atoms with Gasteiger partial charge in [-0.25, -0.2) is 18.7 Å². The number of amides is 1. The number of carbonyl (C=O) groups is 1. The number of benzene rings is 1. The topological polar surface area (TPSA) is 75.3 Å². The minimum absolute atomic E-state index is 0.0477. The number of hydrogen-bond donors (Lipinski definition) is 1. The second kappa shape index (κ2) is 5.65. The highest BCUT2D eigenvalue weighted by Crippen LogP contribution is 2.33. The molecule has 3 rings (SSSR count). The Hall–Kier alpha value is -2.42. The number of nitrogens with two attached hydrogens (primary N) is 1. The van der Waals surface area contributed by atoms with E-state index < -0.39 is 23.2 Å². The van der Waals surface area contributed by atoms with Crippen LogP contribution in [0.15, 0.2) is 23.5 Å². The van der Waals surface area contributed by atoms with Crippen LogP contribution in [0.5, 0.6) is 0 Å². The maximum absolute atomic E-state index is 14.2. The van der Waals surface area contributed by atoms with Gasteiger partial charge in [0, 0.05) is 13.2 Å². The van der Waals surface area contributed by atoms with Gasteiger partial charge in [0.15, 0.2) is 11.0 Å². The van der Waals surface area contributed by atoms with E-state index in [2.05, 4.69) is 9.97 Å². The molecule has 120 valence electrons. The van der Waals surface area contributed by atoms with Crippen LogP contribution in [-0.2, 0) is 0 Å².